The van der Waals surface area contributed by atoms with E-state index in [1.54, 1.807) is 0 Å². The van der Waals surface area contributed by atoms with Crippen LogP contribution >= 0.6 is 0 Å². The topological polar surface area (TPSA) is 37.3 Å². The second kappa shape index (κ2) is 6.89. The number of hydrogen-bond donors (Lipinski definition) is 1. The molecule has 0 unspecified atom stereocenters. The summed E-state index contributed by atoms with van der Waals surface area (Å²) in [4.78, 5) is 12.9. The Bertz CT molecular complexity index is 604. The summed E-state index contributed by atoms with van der Waals surface area (Å²) in [5.74, 6) is 0.115. The predicted octanol–water partition coefficient (Wildman–Crippen LogP) is 4.19. The van der Waals surface area contributed by atoms with Crippen molar-refractivity contribution in [3.8, 4) is 0 Å². The molecule has 116 valence electrons. The largest absolute Gasteiger partial charge is 0.387 e. The van der Waals surface area contributed by atoms with Gasteiger partial charge in [-0.3, -0.25) is 4.79 Å². The fourth-order valence-electron chi connectivity index (χ4n) is 2.74. The van der Waals surface area contributed by atoms with E-state index in [0.717, 1.165) is 11.1 Å². The summed E-state index contributed by atoms with van der Waals surface area (Å²) < 4.78 is 0. The standard InChI is InChI=1S/C20H24O2/c1-15(2)20(3,19(22)17-12-8-5-9-13-17)18(21)14-16-10-6-4-7-11-16/h4-13,15,19,22H,14H2,1-3H3/t19-,20-/m1/s1. The Morgan fingerprint density at radius 2 is 1.50 bits per heavy atom. The Morgan fingerprint density at radius 3 is 2.00 bits per heavy atom. The van der Waals surface area contributed by atoms with Crippen LogP contribution in [-0.4, -0.2) is 10.9 Å². The van der Waals surface area contributed by atoms with Crippen LogP contribution in [0.4, 0.5) is 0 Å². The van der Waals surface area contributed by atoms with E-state index in [4.69, 9.17) is 0 Å². The van der Waals surface area contributed by atoms with E-state index in [1.165, 1.54) is 0 Å². The van der Waals surface area contributed by atoms with Crippen molar-refractivity contribution in [2.45, 2.75) is 33.3 Å². The van der Waals surface area contributed by atoms with Gasteiger partial charge in [0.15, 0.2) is 0 Å². The minimum absolute atomic E-state index is 0.0407. The van der Waals surface area contributed by atoms with Crippen molar-refractivity contribution >= 4 is 5.78 Å². The Morgan fingerprint density at radius 1 is 1.00 bits per heavy atom. The van der Waals surface area contributed by atoms with Gasteiger partial charge in [0, 0.05) is 6.42 Å². The first kappa shape index (κ1) is 16.4. The molecule has 1 N–H and O–H groups in total. The van der Waals surface area contributed by atoms with E-state index >= 15 is 0 Å². The van der Waals surface area contributed by atoms with Gasteiger partial charge in [0.2, 0.25) is 0 Å². The lowest BCUT2D eigenvalue weighted by atomic mass is 9.68. The van der Waals surface area contributed by atoms with Gasteiger partial charge in [-0.25, -0.2) is 0 Å². The Labute approximate surface area is 132 Å². The molecular weight excluding hydrogens is 272 g/mol. The summed E-state index contributed by atoms with van der Waals surface area (Å²) in [7, 11) is 0. The van der Waals surface area contributed by atoms with Gasteiger partial charge in [-0.1, -0.05) is 74.5 Å². The van der Waals surface area contributed by atoms with E-state index < -0.39 is 11.5 Å². The molecule has 0 fully saturated rings. The zero-order valence-electron chi connectivity index (χ0n) is 13.5. The molecule has 0 aromatic heterocycles. The van der Waals surface area contributed by atoms with Crippen molar-refractivity contribution in [3.63, 3.8) is 0 Å². The molecule has 0 aliphatic carbocycles. The molecule has 2 heteroatoms. The van der Waals surface area contributed by atoms with Gasteiger partial charge in [0.25, 0.3) is 0 Å². The molecule has 0 amide bonds. The van der Waals surface area contributed by atoms with Gasteiger partial charge in [-0.05, 0) is 24.0 Å². The van der Waals surface area contributed by atoms with Crippen LogP contribution in [0.5, 0.6) is 0 Å². The molecule has 0 bridgehead atoms. The summed E-state index contributed by atoms with van der Waals surface area (Å²) in [6, 6.07) is 19.2. The molecule has 0 aliphatic rings. The van der Waals surface area contributed by atoms with Gasteiger partial charge >= 0.3 is 0 Å². The molecule has 2 rings (SSSR count). The lowest BCUT2D eigenvalue weighted by molar-refractivity contribution is -0.138. The second-order valence-corrected chi connectivity index (χ2v) is 6.34. The molecule has 2 atom stereocenters. The number of rotatable bonds is 6. The summed E-state index contributed by atoms with van der Waals surface area (Å²) in [6.45, 7) is 5.87. The third-order valence-electron chi connectivity index (χ3n) is 4.69. The highest BCUT2D eigenvalue weighted by Gasteiger charge is 2.43. The first-order valence-corrected chi connectivity index (χ1v) is 7.76. The molecule has 2 aromatic rings. The Hall–Kier alpha value is -1.93. The average molecular weight is 296 g/mol. The zero-order valence-corrected chi connectivity index (χ0v) is 13.5. The Kier molecular flexibility index (Phi) is 5.15. The number of benzene rings is 2. The first-order valence-electron chi connectivity index (χ1n) is 7.76. The summed E-state index contributed by atoms with van der Waals surface area (Å²) in [5.41, 5.74) is 0.969. The van der Waals surface area contributed by atoms with Crippen molar-refractivity contribution in [2.24, 2.45) is 11.3 Å². The molecule has 0 heterocycles. The number of carbonyl (C=O) groups excluding carboxylic acids is 1. The summed E-state index contributed by atoms with van der Waals surface area (Å²) in [6.07, 6.45) is -0.454. The number of carbonyl (C=O) groups is 1. The maximum Gasteiger partial charge on any atom is 0.146 e. The van der Waals surface area contributed by atoms with Crippen LogP contribution in [-0.2, 0) is 11.2 Å². The molecule has 0 saturated carbocycles. The maximum atomic E-state index is 12.9. The van der Waals surface area contributed by atoms with E-state index in [1.807, 2.05) is 81.4 Å². The fraction of sp³-hybridized carbons (Fsp3) is 0.350. The summed E-state index contributed by atoms with van der Waals surface area (Å²) >= 11 is 0. The van der Waals surface area contributed by atoms with Crippen LogP contribution in [0.3, 0.4) is 0 Å². The van der Waals surface area contributed by atoms with E-state index in [9.17, 15) is 9.90 Å². The van der Waals surface area contributed by atoms with Crippen LogP contribution in [0, 0.1) is 11.3 Å². The zero-order chi connectivity index (χ0) is 16.2. The highest BCUT2D eigenvalue weighted by atomic mass is 16.3. The van der Waals surface area contributed by atoms with Crippen LogP contribution in [0.15, 0.2) is 60.7 Å². The van der Waals surface area contributed by atoms with E-state index in [2.05, 4.69) is 0 Å². The smallest absolute Gasteiger partial charge is 0.146 e. The molecule has 0 spiro atoms. The van der Waals surface area contributed by atoms with Gasteiger partial charge < -0.3 is 5.11 Å². The fourth-order valence-corrected chi connectivity index (χ4v) is 2.74. The minimum Gasteiger partial charge on any atom is -0.387 e. The van der Waals surface area contributed by atoms with Crippen molar-refractivity contribution in [1.29, 1.82) is 0 Å². The van der Waals surface area contributed by atoms with Crippen molar-refractivity contribution in [3.05, 3.63) is 71.8 Å². The Balaban J connectivity index is 2.29. The lowest BCUT2D eigenvalue weighted by Gasteiger charge is -2.37. The van der Waals surface area contributed by atoms with E-state index in [-0.39, 0.29) is 11.7 Å². The normalized spacial score (nSPS) is 15.3. The van der Waals surface area contributed by atoms with Gasteiger partial charge in [-0.2, -0.15) is 0 Å². The molecule has 0 saturated heterocycles. The SMILES string of the molecule is CC(C)[C@](C)(C(=O)Cc1ccccc1)[C@H](O)c1ccccc1. The third kappa shape index (κ3) is 3.28. The molecular formula is C20H24O2. The summed E-state index contributed by atoms with van der Waals surface area (Å²) in [5, 5.41) is 10.8. The van der Waals surface area contributed by atoms with E-state index in [0.29, 0.717) is 6.42 Å². The molecule has 2 nitrogen and oxygen atoms in total. The molecule has 2 aromatic carbocycles. The minimum atomic E-state index is -0.808. The number of ketones is 1. The van der Waals surface area contributed by atoms with Crippen LogP contribution in [0.25, 0.3) is 0 Å². The van der Waals surface area contributed by atoms with Crippen molar-refractivity contribution in [1.82, 2.24) is 0 Å². The number of hydrogen-bond acceptors (Lipinski definition) is 2. The second-order valence-electron chi connectivity index (χ2n) is 6.34. The van der Waals surface area contributed by atoms with Crippen molar-refractivity contribution < 1.29 is 9.90 Å². The van der Waals surface area contributed by atoms with Crippen molar-refractivity contribution in [2.75, 3.05) is 0 Å². The third-order valence-corrected chi connectivity index (χ3v) is 4.69. The maximum absolute atomic E-state index is 12.9. The van der Waals surface area contributed by atoms with Crippen LogP contribution in [0.1, 0.15) is 38.0 Å². The van der Waals surface area contributed by atoms with Crippen LogP contribution < -0.4 is 0 Å². The highest BCUT2D eigenvalue weighted by molar-refractivity contribution is 5.87. The monoisotopic (exact) mass is 296 g/mol. The van der Waals surface area contributed by atoms with Crippen LogP contribution in [0.2, 0.25) is 0 Å². The number of Topliss-reactive ketones (excluding diaryl/α,β-unsaturated/α-hetero) is 1. The lowest BCUT2D eigenvalue weighted by Crippen LogP contribution is -2.40. The molecule has 0 radical (unpaired) electrons. The first-order chi connectivity index (χ1) is 10.5. The average Bonchev–Trinajstić information content (AvgIpc) is 2.54. The molecule has 22 heavy (non-hydrogen) atoms. The van der Waals surface area contributed by atoms with Gasteiger partial charge in [-0.15, -0.1) is 0 Å². The molecule has 0 aliphatic heterocycles. The predicted molar refractivity (Wildman–Crippen MR) is 89.5 cm³/mol. The highest BCUT2D eigenvalue weighted by Crippen LogP contribution is 2.41. The number of aliphatic hydroxyl groups excluding tert-OH is 1. The quantitative estimate of drug-likeness (QED) is 0.867. The van der Waals surface area contributed by atoms with Gasteiger partial charge in [0.1, 0.15) is 5.78 Å². The van der Waals surface area contributed by atoms with Gasteiger partial charge in [0.05, 0.1) is 11.5 Å². The number of aliphatic hydroxyl groups is 1.